The summed E-state index contributed by atoms with van der Waals surface area (Å²) in [4.78, 5) is 9.92. The summed E-state index contributed by atoms with van der Waals surface area (Å²) in [5.41, 5.74) is 1.06. The van der Waals surface area contributed by atoms with E-state index in [0.717, 1.165) is 11.3 Å². The molecule has 2 rings (SSSR count). The van der Waals surface area contributed by atoms with Gasteiger partial charge < -0.3 is 19.9 Å². The lowest BCUT2D eigenvalue weighted by Gasteiger charge is -2.40. The van der Waals surface area contributed by atoms with Crippen molar-refractivity contribution in [2.75, 3.05) is 61.0 Å². The highest BCUT2D eigenvalue weighted by Gasteiger charge is 2.41. The largest absolute Gasteiger partial charge is 0.496 e. The Labute approximate surface area is 171 Å². The Morgan fingerprint density at radius 1 is 1.21 bits per heavy atom. The molecule has 1 fully saturated rings. The van der Waals surface area contributed by atoms with E-state index in [0.29, 0.717) is 38.7 Å². The number of guanidine groups is 1. The van der Waals surface area contributed by atoms with Gasteiger partial charge >= 0.3 is 6.18 Å². The molecule has 1 aliphatic heterocycles. The molecular weight excluding hydrogens is 383 g/mol. The van der Waals surface area contributed by atoms with Crippen LogP contribution in [-0.2, 0) is 0 Å². The molecule has 1 heterocycles. The highest BCUT2D eigenvalue weighted by Crippen LogP contribution is 2.28. The summed E-state index contributed by atoms with van der Waals surface area (Å²) >= 11 is 0. The summed E-state index contributed by atoms with van der Waals surface area (Å²) in [5, 5.41) is 3.38. The molecule has 9 heteroatoms. The molecule has 0 saturated carbocycles. The standard InChI is InChI=1S/C20H32F3N5O/c1-15(20(21,22)23)27-10-12-28(13-11-27)19(24-2)25-14-17(26(3)4)16-8-6-7-9-18(16)29-5/h6-9,15,17H,10-14H2,1-5H3,(H,24,25). The number of likely N-dealkylation sites (N-methyl/N-ethyl adjacent to an activating group) is 1. The van der Waals surface area contributed by atoms with Crippen LogP contribution < -0.4 is 10.1 Å². The second kappa shape index (κ2) is 10.2. The first-order valence-corrected chi connectivity index (χ1v) is 9.74. The molecule has 164 valence electrons. The van der Waals surface area contributed by atoms with Gasteiger partial charge in [0.15, 0.2) is 5.96 Å². The second-order valence-corrected chi connectivity index (χ2v) is 7.39. The third-order valence-electron chi connectivity index (χ3n) is 5.42. The molecule has 1 N–H and O–H groups in total. The number of ether oxygens (including phenoxy) is 1. The van der Waals surface area contributed by atoms with E-state index in [4.69, 9.17) is 4.74 Å². The Balaban J connectivity index is 1.99. The monoisotopic (exact) mass is 415 g/mol. The molecule has 1 saturated heterocycles. The van der Waals surface area contributed by atoms with Crippen molar-refractivity contribution in [3.05, 3.63) is 29.8 Å². The zero-order valence-electron chi connectivity index (χ0n) is 17.8. The van der Waals surface area contributed by atoms with Gasteiger partial charge in [0.1, 0.15) is 11.8 Å². The fourth-order valence-electron chi connectivity index (χ4n) is 3.56. The van der Waals surface area contributed by atoms with Crippen LogP contribution in [0.25, 0.3) is 0 Å². The van der Waals surface area contributed by atoms with E-state index >= 15 is 0 Å². The third-order valence-corrected chi connectivity index (χ3v) is 5.42. The predicted octanol–water partition coefficient (Wildman–Crippen LogP) is 2.44. The fraction of sp³-hybridized carbons (Fsp3) is 0.650. The van der Waals surface area contributed by atoms with E-state index < -0.39 is 12.2 Å². The number of hydrogen-bond donors (Lipinski definition) is 1. The lowest BCUT2D eigenvalue weighted by molar-refractivity contribution is -0.181. The summed E-state index contributed by atoms with van der Waals surface area (Å²) < 4.78 is 44.4. The zero-order chi connectivity index (χ0) is 21.6. The summed E-state index contributed by atoms with van der Waals surface area (Å²) in [6.07, 6.45) is -4.20. The minimum Gasteiger partial charge on any atom is -0.496 e. The number of piperazine rings is 1. The molecule has 0 spiro atoms. The fourth-order valence-corrected chi connectivity index (χ4v) is 3.56. The Bertz CT molecular complexity index is 672. The molecule has 1 aromatic rings. The smallest absolute Gasteiger partial charge is 0.403 e. The SMILES string of the molecule is CN=C(NCC(c1ccccc1OC)N(C)C)N1CCN(C(C)C(F)(F)F)CC1. The van der Waals surface area contributed by atoms with Crippen LogP contribution in [-0.4, -0.2) is 93.9 Å². The Morgan fingerprint density at radius 2 is 1.83 bits per heavy atom. The highest BCUT2D eigenvalue weighted by atomic mass is 19.4. The average Bonchev–Trinajstić information content (AvgIpc) is 2.70. The summed E-state index contributed by atoms with van der Waals surface area (Å²) in [7, 11) is 7.35. The van der Waals surface area contributed by atoms with Gasteiger partial charge in [0.05, 0.1) is 13.2 Å². The maximum atomic E-state index is 13.0. The number of para-hydroxylation sites is 1. The van der Waals surface area contributed by atoms with Crippen LogP contribution in [0.4, 0.5) is 13.2 Å². The highest BCUT2D eigenvalue weighted by molar-refractivity contribution is 5.80. The van der Waals surface area contributed by atoms with Crippen LogP contribution in [0.1, 0.15) is 18.5 Å². The molecule has 0 aliphatic carbocycles. The molecule has 0 bridgehead atoms. The van der Waals surface area contributed by atoms with E-state index in [1.54, 1.807) is 14.2 Å². The van der Waals surface area contributed by atoms with Gasteiger partial charge in [-0.25, -0.2) is 0 Å². The van der Waals surface area contributed by atoms with Crippen molar-refractivity contribution >= 4 is 5.96 Å². The van der Waals surface area contributed by atoms with Crippen LogP contribution >= 0.6 is 0 Å². The second-order valence-electron chi connectivity index (χ2n) is 7.39. The molecule has 1 aromatic carbocycles. The van der Waals surface area contributed by atoms with E-state index in [9.17, 15) is 13.2 Å². The first kappa shape index (κ1) is 23.3. The number of rotatable bonds is 6. The lowest BCUT2D eigenvalue weighted by atomic mass is 10.0. The maximum Gasteiger partial charge on any atom is 0.403 e. The molecule has 2 atom stereocenters. The van der Waals surface area contributed by atoms with Crippen molar-refractivity contribution < 1.29 is 17.9 Å². The van der Waals surface area contributed by atoms with E-state index in [1.165, 1.54) is 11.8 Å². The van der Waals surface area contributed by atoms with Gasteiger partial charge in [-0.1, -0.05) is 18.2 Å². The molecule has 29 heavy (non-hydrogen) atoms. The van der Waals surface area contributed by atoms with Gasteiger partial charge in [0.25, 0.3) is 0 Å². The average molecular weight is 416 g/mol. The molecule has 0 radical (unpaired) electrons. The minimum atomic E-state index is -4.20. The molecule has 6 nitrogen and oxygen atoms in total. The van der Waals surface area contributed by atoms with Gasteiger partial charge in [-0.15, -0.1) is 0 Å². The van der Waals surface area contributed by atoms with Crippen LogP contribution in [0, 0.1) is 0 Å². The molecule has 0 amide bonds. The Morgan fingerprint density at radius 3 is 2.34 bits per heavy atom. The van der Waals surface area contributed by atoms with Crippen molar-refractivity contribution in [3.63, 3.8) is 0 Å². The molecule has 1 aliphatic rings. The van der Waals surface area contributed by atoms with Crippen molar-refractivity contribution in [1.82, 2.24) is 20.0 Å². The Hall–Kier alpha value is -2.00. The number of nitrogens with zero attached hydrogens (tertiary/aromatic N) is 4. The normalized spacial score (nSPS) is 18.7. The first-order chi connectivity index (χ1) is 13.7. The summed E-state index contributed by atoms with van der Waals surface area (Å²) in [6.45, 7) is 3.52. The number of aliphatic imine (C=N–C) groups is 1. The molecular formula is C20H32F3N5O. The number of methoxy groups -OCH3 is 1. The summed E-state index contributed by atoms with van der Waals surface area (Å²) in [6, 6.07) is 6.50. The van der Waals surface area contributed by atoms with Crippen molar-refractivity contribution in [2.24, 2.45) is 4.99 Å². The number of alkyl halides is 3. The Kier molecular flexibility index (Phi) is 8.15. The van der Waals surface area contributed by atoms with Crippen molar-refractivity contribution in [2.45, 2.75) is 25.2 Å². The van der Waals surface area contributed by atoms with Gasteiger partial charge in [-0.2, -0.15) is 13.2 Å². The van der Waals surface area contributed by atoms with Gasteiger partial charge in [0.2, 0.25) is 0 Å². The van der Waals surface area contributed by atoms with Crippen molar-refractivity contribution in [1.29, 1.82) is 0 Å². The minimum absolute atomic E-state index is 0.0504. The topological polar surface area (TPSA) is 43.3 Å². The number of benzene rings is 1. The lowest BCUT2D eigenvalue weighted by Crippen LogP contribution is -2.57. The predicted molar refractivity (Wildman–Crippen MR) is 109 cm³/mol. The number of nitrogens with one attached hydrogen (secondary N) is 1. The first-order valence-electron chi connectivity index (χ1n) is 9.74. The van der Waals surface area contributed by atoms with E-state index in [1.807, 2.05) is 43.3 Å². The van der Waals surface area contributed by atoms with E-state index in [-0.39, 0.29) is 6.04 Å². The van der Waals surface area contributed by atoms with Crippen LogP contribution in [0.3, 0.4) is 0 Å². The number of halogens is 3. The third kappa shape index (κ3) is 5.99. The quantitative estimate of drug-likeness (QED) is 0.571. The van der Waals surface area contributed by atoms with E-state index in [2.05, 4.69) is 15.2 Å². The molecule has 2 unspecified atom stereocenters. The van der Waals surface area contributed by atoms with Gasteiger partial charge in [-0.3, -0.25) is 9.89 Å². The van der Waals surface area contributed by atoms with Gasteiger partial charge in [0, 0.05) is 45.3 Å². The van der Waals surface area contributed by atoms with Crippen LogP contribution in [0.15, 0.2) is 29.3 Å². The number of hydrogen-bond acceptors (Lipinski definition) is 4. The van der Waals surface area contributed by atoms with Gasteiger partial charge in [-0.05, 0) is 27.1 Å². The van der Waals surface area contributed by atoms with Crippen molar-refractivity contribution in [3.8, 4) is 5.75 Å². The molecule has 0 aromatic heterocycles. The zero-order valence-corrected chi connectivity index (χ0v) is 17.8. The van der Waals surface area contributed by atoms with Crippen LogP contribution in [0.5, 0.6) is 5.75 Å². The van der Waals surface area contributed by atoms with Crippen LogP contribution in [0.2, 0.25) is 0 Å². The maximum absolute atomic E-state index is 13.0. The summed E-state index contributed by atoms with van der Waals surface area (Å²) in [5.74, 6) is 1.52.